The van der Waals surface area contributed by atoms with Crippen molar-refractivity contribution in [3.8, 4) is 21.8 Å². The summed E-state index contributed by atoms with van der Waals surface area (Å²) in [5.41, 5.74) is 5.96. The van der Waals surface area contributed by atoms with Crippen molar-refractivity contribution in [2.45, 2.75) is 25.7 Å². The summed E-state index contributed by atoms with van der Waals surface area (Å²) < 4.78 is 28.6. The molecule has 0 saturated heterocycles. The van der Waals surface area contributed by atoms with Crippen LogP contribution in [0.5, 0.6) is 0 Å². The van der Waals surface area contributed by atoms with Gasteiger partial charge in [-0.25, -0.2) is 13.4 Å². The lowest BCUT2D eigenvalue weighted by atomic mass is 10.1. The van der Waals surface area contributed by atoms with E-state index in [-0.39, 0.29) is 0 Å². The fourth-order valence-electron chi connectivity index (χ4n) is 3.63. The van der Waals surface area contributed by atoms with E-state index >= 15 is 0 Å². The molecule has 0 aliphatic carbocycles. The number of sulfonamides is 1. The standard InChI is InChI=1S/C24H22N2O2S2/c1-16-13-17(2)23(18(3)14-16)30(27,28)26-21-11-9-19(10-12-21)22-15-29-24(25-22)20-7-5-4-6-8-20/h4-15,26H,1-3H3. The zero-order valence-electron chi connectivity index (χ0n) is 17.0. The van der Waals surface area contributed by atoms with Crippen molar-refractivity contribution >= 4 is 27.0 Å². The minimum atomic E-state index is -3.66. The van der Waals surface area contributed by atoms with Crippen molar-refractivity contribution in [1.29, 1.82) is 0 Å². The first-order valence-corrected chi connectivity index (χ1v) is 11.9. The summed E-state index contributed by atoms with van der Waals surface area (Å²) in [5.74, 6) is 0. The first kappa shape index (κ1) is 20.3. The van der Waals surface area contributed by atoms with Gasteiger partial charge in [0.15, 0.2) is 0 Å². The Bertz CT molecular complexity index is 1270. The molecule has 0 aliphatic heterocycles. The number of hydrogen-bond donors (Lipinski definition) is 1. The maximum atomic E-state index is 12.9. The Morgan fingerprint density at radius 2 is 1.47 bits per heavy atom. The molecular formula is C24H22N2O2S2. The number of hydrogen-bond acceptors (Lipinski definition) is 4. The molecule has 152 valence electrons. The van der Waals surface area contributed by atoms with E-state index in [0.29, 0.717) is 10.6 Å². The average molecular weight is 435 g/mol. The van der Waals surface area contributed by atoms with E-state index in [9.17, 15) is 8.42 Å². The molecule has 1 N–H and O–H groups in total. The van der Waals surface area contributed by atoms with Crippen LogP contribution in [-0.2, 0) is 10.0 Å². The molecule has 3 aromatic carbocycles. The molecule has 0 spiro atoms. The van der Waals surface area contributed by atoms with Gasteiger partial charge in [-0.1, -0.05) is 60.2 Å². The van der Waals surface area contributed by atoms with Crippen LogP contribution in [0, 0.1) is 20.8 Å². The van der Waals surface area contributed by atoms with E-state index < -0.39 is 10.0 Å². The third-order valence-corrected chi connectivity index (χ3v) is 7.41. The van der Waals surface area contributed by atoms with Crippen LogP contribution in [0.1, 0.15) is 16.7 Å². The monoisotopic (exact) mass is 434 g/mol. The molecule has 0 atom stereocenters. The van der Waals surface area contributed by atoms with Crippen LogP contribution >= 0.6 is 11.3 Å². The zero-order valence-corrected chi connectivity index (χ0v) is 18.6. The van der Waals surface area contributed by atoms with Crippen LogP contribution in [0.4, 0.5) is 5.69 Å². The van der Waals surface area contributed by atoms with Gasteiger partial charge in [-0.05, 0) is 44.0 Å². The zero-order chi connectivity index (χ0) is 21.3. The molecule has 4 rings (SSSR count). The number of benzene rings is 3. The van der Waals surface area contributed by atoms with Gasteiger partial charge in [0.25, 0.3) is 10.0 Å². The van der Waals surface area contributed by atoms with Crippen molar-refractivity contribution in [3.05, 3.63) is 88.8 Å². The van der Waals surface area contributed by atoms with Crippen molar-refractivity contribution in [3.63, 3.8) is 0 Å². The highest BCUT2D eigenvalue weighted by molar-refractivity contribution is 7.92. The van der Waals surface area contributed by atoms with Gasteiger partial charge < -0.3 is 0 Å². The molecule has 0 unspecified atom stereocenters. The van der Waals surface area contributed by atoms with E-state index in [1.54, 1.807) is 23.5 Å². The van der Waals surface area contributed by atoms with Gasteiger partial charge in [0.2, 0.25) is 0 Å². The van der Waals surface area contributed by atoms with Crippen LogP contribution in [-0.4, -0.2) is 13.4 Å². The lowest BCUT2D eigenvalue weighted by Gasteiger charge is -2.14. The SMILES string of the molecule is Cc1cc(C)c(S(=O)(=O)Nc2ccc(-c3csc(-c4ccccc4)n3)cc2)c(C)c1. The molecule has 1 aromatic heterocycles. The highest BCUT2D eigenvalue weighted by atomic mass is 32.2. The lowest BCUT2D eigenvalue weighted by molar-refractivity contribution is 0.600. The third kappa shape index (κ3) is 4.15. The normalized spacial score (nSPS) is 11.4. The highest BCUT2D eigenvalue weighted by Crippen LogP contribution is 2.30. The van der Waals surface area contributed by atoms with E-state index in [4.69, 9.17) is 4.98 Å². The van der Waals surface area contributed by atoms with Crippen LogP contribution in [0.25, 0.3) is 21.8 Å². The van der Waals surface area contributed by atoms with E-state index in [1.807, 2.05) is 80.7 Å². The molecule has 0 amide bonds. The lowest BCUT2D eigenvalue weighted by Crippen LogP contribution is -2.15. The van der Waals surface area contributed by atoms with Crippen LogP contribution in [0.3, 0.4) is 0 Å². The molecule has 4 aromatic rings. The Morgan fingerprint density at radius 3 is 2.10 bits per heavy atom. The summed E-state index contributed by atoms with van der Waals surface area (Å²) in [6.45, 7) is 5.61. The fourth-order valence-corrected chi connectivity index (χ4v) is 5.97. The second-order valence-electron chi connectivity index (χ2n) is 7.31. The number of anilines is 1. The molecule has 4 nitrogen and oxygen atoms in total. The number of aryl methyl sites for hydroxylation is 3. The van der Waals surface area contributed by atoms with Crippen molar-refractivity contribution in [2.24, 2.45) is 0 Å². The number of nitrogens with zero attached hydrogens (tertiary/aromatic N) is 1. The van der Waals surface area contributed by atoms with Gasteiger partial charge in [-0.3, -0.25) is 4.72 Å². The molecule has 30 heavy (non-hydrogen) atoms. The van der Waals surface area contributed by atoms with Gasteiger partial charge in [0.1, 0.15) is 5.01 Å². The molecule has 0 radical (unpaired) electrons. The molecular weight excluding hydrogens is 412 g/mol. The predicted octanol–water partition coefficient (Wildman–Crippen LogP) is 6.20. The van der Waals surface area contributed by atoms with Crippen molar-refractivity contribution in [2.75, 3.05) is 4.72 Å². The van der Waals surface area contributed by atoms with Gasteiger partial charge in [-0.15, -0.1) is 11.3 Å². The summed E-state index contributed by atoms with van der Waals surface area (Å²) in [4.78, 5) is 5.05. The highest BCUT2D eigenvalue weighted by Gasteiger charge is 2.20. The maximum Gasteiger partial charge on any atom is 0.262 e. The minimum absolute atomic E-state index is 0.337. The van der Waals surface area contributed by atoms with Gasteiger partial charge >= 0.3 is 0 Å². The van der Waals surface area contributed by atoms with Crippen LogP contribution in [0.2, 0.25) is 0 Å². The molecule has 0 aliphatic rings. The van der Waals surface area contributed by atoms with Crippen LogP contribution < -0.4 is 4.72 Å². The Balaban J connectivity index is 1.57. The van der Waals surface area contributed by atoms with E-state index in [1.165, 1.54) is 0 Å². The molecule has 0 fully saturated rings. The number of nitrogens with one attached hydrogen (secondary N) is 1. The smallest absolute Gasteiger partial charge is 0.262 e. The largest absolute Gasteiger partial charge is 0.280 e. The first-order valence-electron chi connectivity index (χ1n) is 9.55. The number of thiazole rings is 1. The number of rotatable bonds is 5. The molecule has 6 heteroatoms. The van der Waals surface area contributed by atoms with Crippen LogP contribution in [0.15, 0.2) is 77.0 Å². The van der Waals surface area contributed by atoms with Gasteiger partial charge in [0, 0.05) is 22.2 Å². The summed E-state index contributed by atoms with van der Waals surface area (Å²) in [6.07, 6.45) is 0. The third-order valence-electron chi connectivity index (χ3n) is 4.83. The Morgan fingerprint density at radius 1 is 0.833 bits per heavy atom. The molecule has 1 heterocycles. The quantitative estimate of drug-likeness (QED) is 0.407. The predicted molar refractivity (Wildman–Crippen MR) is 124 cm³/mol. The van der Waals surface area contributed by atoms with Crippen molar-refractivity contribution in [1.82, 2.24) is 4.98 Å². The van der Waals surface area contributed by atoms with E-state index in [0.717, 1.165) is 38.5 Å². The number of aromatic nitrogens is 1. The summed E-state index contributed by atoms with van der Waals surface area (Å²) in [6, 6.07) is 21.1. The Kier molecular flexibility index (Phi) is 5.45. The van der Waals surface area contributed by atoms with Crippen molar-refractivity contribution < 1.29 is 8.42 Å². The second kappa shape index (κ2) is 8.05. The Labute approximate surface area is 181 Å². The Hall–Kier alpha value is -2.96. The summed E-state index contributed by atoms with van der Waals surface area (Å²) in [5, 5.41) is 2.97. The van der Waals surface area contributed by atoms with Gasteiger partial charge in [-0.2, -0.15) is 0 Å². The minimum Gasteiger partial charge on any atom is -0.280 e. The average Bonchev–Trinajstić information content (AvgIpc) is 3.18. The topological polar surface area (TPSA) is 59.1 Å². The summed E-state index contributed by atoms with van der Waals surface area (Å²) in [7, 11) is -3.66. The molecule has 0 saturated carbocycles. The summed E-state index contributed by atoms with van der Waals surface area (Å²) >= 11 is 1.59. The molecule has 0 bridgehead atoms. The maximum absolute atomic E-state index is 12.9. The first-order chi connectivity index (χ1) is 14.3. The second-order valence-corrected chi connectivity index (χ2v) is 9.79. The van der Waals surface area contributed by atoms with E-state index in [2.05, 4.69) is 4.72 Å². The van der Waals surface area contributed by atoms with Gasteiger partial charge in [0.05, 0.1) is 10.6 Å². The fraction of sp³-hybridized carbons (Fsp3) is 0.125.